The molecule has 0 saturated heterocycles. The minimum atomic E-state index is 0.211. The summed E-state index contributed by atoms with van der Waals surface area (Å²) < 4.78 is 0. The monoisotopic (exact) mass is 219 g/mol. The van der Waals surface area contributed by atoms with E-state index in [1.165, 1.54) is 15.8 Å². The highest BCUT2D eigenvalue weighted by molar-refractivity contribution is 7.99. The fourth-order valence-electron chi connectivity index (χ4n) is 1.61. The van der Waals surface area contributed by atoms with Crippen LogP contribution >= 0.6 is 11.8 Å². The lowest BCUT2D eigenvalue weighted by Gasteiger charge is -2.00. The molecule has 0 spiro atoms. The normalized spacial score (nSPS) is 10.7. The number of fused-ring (bicyclic) bond motifs is 1. The fourth-order valence-corrected chi connectivity index (χ4v) is 2.49. The van der Waals surface area contributed by atoms with Crippen molar-refractivity contribution in [2.75, 3.05) is 5.75 Å². The first kappa shape index (κ1) is 10.2. The second-order valence-electron chi connectivity index (χ2n) is 3.51. The Kier molecular flexibility index (Phi) is 2.73. The largest absolute Gasteiger partial charge is 0.512 e. The first-order valence-electron chi connectivity index (χ1n) is 4.74. The highest BCUT2D eigenvalue weighted by Crippen LogP contribution is 2.30. The molecular weight excluding hydrogens is 206 g/mol. The van der Waals surface area contributed by atoms with Crippen LogP contribution in [0.2, 0.25) is 0 Å². The van der Waals surface area contributed by atoms with Gasteiger partial charge in [0.15, 0.2) is 0 Å². The predicted octanol–water partition coefficient (Wildman–Crippen LogP) is 3.64. The van der Waals surface area contributed by atoms with Gasteiger partial charge < -0.3 is 10.1 Å². The Morgan fingerprint density at radius 3 is 3.07 bits per heavy atom. The van der Waals surface area contributed by atoms with Crippen molar-refractivity contribution in [1.82, 2.24) is 4.98 Å². The lowest BCUT2D eigenvalue weighted by Crippen LogP contribution is -1.82. The van der Waals surface area contributed by atoms with Gasteiger partial charge in [0.2, 0.25) is 0 Å². The minimum Gasteiger partial charge on any atom is -0.512 e. The Labute approximate surface area is 93.0 Å². The molecule has 1 aromatic carbocycles. The van der Waals surface area contributed by atoms with Crippen LogP contribution in [-0.4, -0.2) is 15.8 Å². The Balaban J connectivity index is 2.39. The van der Waals surface area contributed by atoms with Gasteiger partial charge in [-0.25, -0.2) is 0 Å². The van der Waals surface area contributed by atoms with Crippen LogP contribution < -0.4 is 0 Å². The lowest BCUT2D eigenvalue weighted by atomic mass is 10.1. The maximum Gasteiger partial charge on any atom is 0.0953 e. The van der Waals surface area contributed by atoms with E-state index in [-0.39, 0.29) is 5.76 Å². The number of aliphatic hydroxyl groups excluding tert-OH is 1. The van der Waals surface area contributed by atoms with Gasteiger partial charge in [0.05, 0.1) is 11.5 Å². The van der Waals surface area contributed by atoms with Gasteiger partial charge in [0.1, 0.15) is 0 Å². The molecule has 0 radical (unpaired) electrons. The molecule has 2 aromatic rings. The van der Waals surface area contributed by atoms with Gasteiger partial charge in [-0.3, -0.25) is 0 Å². The van der Waals surface area contributed by atoms with Gasteiger partial charge in [-0.05, 0) is 18.6 Å². The zero-order chi connectivity index (χ0) is 10.8. The van der Waals surface area contributed by atoms with Crippen LogP contribution in [0.1, 0.15) is 5.56 Å². The number of hydrogen-bond donors (Lipinski definition) is 2. The Morgan fingerprint density at radius 1 is 1.53 bits per heavy atom. The summed E-state index contributed by atoms with van der Waals surface area (Å²) in [5, 5.41) is 10.3. The van der Waals surface area contributed by atoms with Crippen molar-refractivity contribution in [2.45, 2.75) is 11.8 Å². The molecule has 0 aliphatic carbocycles. The van der Waals surface area contributed by atoms with Crippen molar-refractivity contribution in [3.63, 3.8) is 0 Å². The zero-order valence-corrected chi connectivity index (χ0v) is 9.40. The van der Waals surface area contributed by atoms with E-state index in [1.807, 2.05) is 12.3 Å². The van der Waals surface area contributed by atoms with E-state index in [0.717, 1.165) is 5.52 Å². The van der Waals surface area contributed by atoms with Gasteiger partial charge in [0.25, 0.3) is 0 Å². The average Bonchev–Trinajstić information content (AvgIpc) is 2.59. The molecular formula is C12H13NOS. The average molecular weight is 219 g/mol. The first-order chi connectivity index (χ1) is 7.18. The summed E-state index contributed by atoms with van der Waals surface area (Å²) in [7, 11) is 0. The summed E-state index contributed by atoms with van der Waals surface area (Å²) in [5.41, 5.74) is 2.39. The summed E-state index contributed by atoms with van der Waals surface area (Å²) in [5.74, 6) is 0.754. The molecule has 0 fully saturated rings. The van der Waals surface area contributed by atoms with Crippen LogP contribution in [0.5, 0.6) is 0 Å². The number of H-pyrrole nitrogens is 1. The van der Waals surface area contributed by atoms with Gasteiger partial charge >= 0.3 is 0 Å². The lowest BCUT2D eigenvalue weighted by molar-refractivity contribution is 0.420. The molecule has 15 heavy (non-hydrogen) atoms. The Bertz CT molecular complexity index is 501. The van der Waals surface area contributed by atoms with Crippen LogP contribution in [0.3, 0.4) is 0 Å². The third-order valence-corrected chi connectivity index (χ3v) is 3.38. The van der Waals surface area contributed by atoms with Crippen molar-refractivity contribution in [3.05, 3.63) is 42.3 Å². The van der Waals surface area contributed by atoms with Gasteiger partial charge in [-0.15, -0.1) is 11.8 Å². The van der Waals surface area contributed by atoms with Crippen LogP contribution in [0.15, 0.2) is 41.6 Å². The van der Waals surface area contributed by atoms with Crippen LogP contribution in [0, 0.1) is 6.92 Å². The van der Waals surface area contributed by atoms with E-state index < -0.39 is 0 Å². The molecule has 3 heteroatoms. The molecule has 2 nitrogen and oxygen atoms in total. The van der Waals surface area contributed by atoms with Gasteiger partial charge in [-0.1, -0.05) is 18.7 Å². The summed E-state index contributed by atoms with van der Waals surface area (Å²) >= 11 is 1.60. The third kappa shape index (κ3) is 2.02. The van der Waals surface area contributed by atoms with Gasteiger partial charge in [-0.2, -0.15) is 0 Å². The SMILES string of the molecule is C=C(O)CSc1c[nH]c2cccc(C)c12. The number of rotatable bonds is 3. The molecule has 1 aromatic heterocycles. The van der Waals surface area contributed by atoms with E-state index in [1.54, 1.807) is 11.8 Å². The zero-order valence-electron chi connectivity index (χ0n) is 8.58. The highest BCUT2D eigenvalue weighted by Gasteiger charge is 2.06. The van der Waals surface area contributed by atoms with E-state index in [2.05, 4.69) is 30.6 Å². The van der Waals surface area contributed by atoms with Gasteiger partial charge in [0, 0.05) is 22.0 Å². The molecule has 2 N–H and O–H groups in total. The van der Waals surface area contributed by atoms with Crippen molar-refractivity contribution < 1.29 is 5.11 Å². The van der Waals surface area contributed by atoms with Crippen LogP contribution in [0.25, 0.3) is 10.9 Å². The summed E-state index contributed by atoms with van der Waals surface area (Å²) in [6.45, 7) is 5.57. The van der Waals surface area contributed by atoms with Crippen molar-refractivity contribution in [2.24, 2.45) is 0 Å². The standard InChI is InChI=1S/C12H13NOS/c1-8-4-3-5-10-12(8)11(6-13-10)15-7-9(2)14/h3-6,13-14H,2,7H2,1H3. The Hall–Kier alpha value is -1.35. The minimum absolute atomic E-state index is 0.211. The van der Waals surface area contributed by atoms with Crippen molar-refractivity contribution in [3.8, 4) is 0 Å². The summed E-state index contributed by atoms with van der Waals surface area (Å²) in [6, 6.07) is 6.18. The maximum atomic E-state index is 9.07. The predicted molar refractivity (Wildman–Crippen MR) is 65.5 cm³/mol. The number of aromatic amines is 1. The highest BCUT2D eigenvalue weighted by atomic mass is 32.2. The van der Waals surface area contributed by atoms with Crippen molar-refractivity contribution in [1.29, 1.82) is 0 Å². The molecule has 0 bridgehead atoms. The number of thioether (sulfide) groups is 1. The molecule has 2 rings (SSSR count). The molecule has 0 atom stereocenters. The van der Waals surface area contributed by atoms with E-state index in [9.17, 15) is 0 Å². The quantitative estimate of drug-likeness (QED) is 0.610. The number of aryl methyl sites for hydroxylation is 1. The second-order valence-corrected chi connectivity index (χ2v) is 4.52. The number of hydrogen-bond acceptors (Lipinski definition) is 2. The smallest absolute Gasteiger partial charge is 0.0953 e. The Morgan fingerprint density at radius 2 is 2.33 bits per heavy atom. The molecule has 0 amide bonds. The third-order valence-electron chi connectivity index (χ3n) is 2.27. The first-order valence-corrected chi connectivity index (χ1v) is 5.73. The van der Waals surface area contributed by atoms with Crippen LogP contribution in [-0.2, 0) is 0 Å². The summed E-state index contributed by atoms with van der Waals surface area (Å²) in [4.78, 5) is 4.39. The van der Waals surface area contributed by atoms with E-state index >= 15 is 0 Å². The number of aromatic nitrogens is 1. The summed E-state index contributed by atoms with van der Waals surface area (Å²) in [6.07, 6.45) is 1.98. The number of aliphatic hydroxyl groups is 1. The second kappa shape index (κ2) is 4.03. The fraction of sp³-hybridized carbons (Fsp3) is 0.167. The molecule has 0 saturated carbocycles. The maximum absolute atomic E-state index is 9.07. The molecule has 78 valence electrons. The molecule has 1 heterocycles. The van der Waals surface area contributed by atoms with Crippen molar-refractivity contribution >= 4 is 22.7 Å². The molecule has 0 aliphatic heterocycles. The van der Waals surface area contributed by atoms with E-state index in [4.69, 9.17) is 5.11 Å². The molecule has 0 aliphatic rings. The topological polar surface area (TPSA) is 36.0 Å². The van der Waals surface area contributed by atoms with E-state index in [0.29, 0.717) is 5.75 Å². The number of benzene rings is 1. The molecule has 0 unspecified atom stereocenters. The number of nitrogens with one attached hydrogen (secondary N) is 1. The van der Waals surface area contributed by atoms with Crippen LogP contribution in [0.4, 0.5) is 0 Å².